The van der Waals surface area contributed by atoms with Crippen LogP contribution < -0.4 is 4.72 Å². The quantitative estimate of drug-likeness (QED) is 0.852. The molecule has 1 N–H and O–H groups in total. The van der Waals surface area contributed by atoms with Crippen molar-refractivity contribution < 1.29 is 8.42 Å². The normalized spacial score (nSPS) is 19.8. The first-order chi connectivity index (χ1) is 9.92. The summed E-state index contributed by atoms with van der Waals surface area (Å²) in [5, 5.41) is 0. The van der Waals surface area contributed by atoms with E-state index in [1.54, 1.807) is 6.07 Å². The molecular formula is C14H25N3O2S2. The highest BCUT2D eigenvalue weighted by Gasteiger charge is 2.22. The Bertz CT molecular complexity index is 548. The van der Waals surface area contributed by atoms with Gasteiger partial charge in [-0.2, -0.15) is 0 Å². The van der Waals surface area contributed by atoms with Crippen LogP contribution in [0.5, 0.6) is 0 Å². The van der Waals surface area contributed by atoms with Gasteiger partial charge in [-0.15, -0.1) is 11.3 Å². The van der Waals surface area contributed by atoms with Gasteiger partial charge in [0.15, 0.2) is 0 Å². The van der Waals surface area contributed by atoms with Crippen molar-refractivity contribution in [1.29, 1.82) is 0 Å². The molecule has 0 aliphatic carbocycles. The number of piperazine rings is 1. The first-order valence-electron chi connectivity index (χ1n) is 7.43. The zero-order valence-corrected chi connectivity index (χ0v) is 14.6. The van der Waals surface area contributed by atoms with Crippen molar-refractivity contribution in [2.24, 2.45) is 0 Å². The molecule has 1 atom stereocenters. The first-order valence-corrected chi connectivity index (χ1v) is 9.73. The summed E-state index contributed by atoms with van der Waals surface area (Å²) in [6.45, 7) is 8.66. The third kappa shape index (κ3) is 4.50. The highest BCUT2D eigenvalue weighted by atomic mass is 32.2. The van der Waals surface area contributed by atoms with Gasteiger partial charge >= 0.3 is 0 Å². The van der Waals surface area contributed by atoms with Gasteiger partial charge < -0.3 is 4.90 Å². The maximum absolute atomic E-state index is 12.3. The Labute approximate surface area is 132 Å². The minimum atomic E-state index is -3.36. The van der Waals surface area contributed by atoms with Gasteiger partial charge in [0, 0.05) is 43.6 Å². The highest BCUT2D eigenvalue weighted by Crippen LogP contribution is 2.21. The number of aryl methyl sites for hydroxylation is 1. The van der Waals surface area contributed by atoms with Crippen molar-refractivity contribution in [2.45, 2.75) is 30.5 Å². The zero-order chi connectivity index (χ0) is 15.5. The van der Waals surface area contributed by atoms with E-state index >= 15 is 0 Å². The standard InChI is InChI=1S/C14H25N3O2S2/c1-4-13-5-6-14(20-13)21(18,19)15-11-12(2)17-9-7-16(3)8-10-17/h5-6,12,15H,4,7-11H2,1-3H3/t12-/m1/s1. The topological polar surface area (TPSA) is 52.7 Å². The van der Waals surface area contributed by atoms with Crippen molar-refractivity contribution in [3.8, 4) is 0 Å². The molecule has 1 saturated heterocycles. The summed E-state index contributed by atoms with van der Waals surface area (Å²) in [4.78, 5) is 5.74. The third-order valence-electron chi connectivity index (χ3n) is 3.98. The lowest BCUT2D eigenvalue weighted by molar-refractivity contribution is 0.120. The van der Waals surface area contributed by atoms with E-state index in [2.05, 4.69) is 28.5 Å². The fraction of sp³-hybridized carbons (Fsp3) is 0.714. The van der Waals surface area contributed by atoms with Crippen LogP contribution in [0.2, 0.25) is 0 Å². The Balaban J connectivity index is 1.89. The molecule has 120 valence electrons. The molecule has 0 aromatic carbocycles. The third-order valence-corrected chi connectivity index (χ3v) is 7.13. The molecule has 1 aromatic heterocycles. The minimum Gasteiger partial charge on any atom is -0.304 e. The average molecular weight is 332 g/mol. The largest absolute Gasteiger partial charge is 0.304 e. The highest BCUT2D eigenvalue weighted by molar-refractivity contribution is 7.91. The molecule has 5 nitrogen and oxygen atoms in total. The van der Waals surface area contributed by atoms with E-state index in [1.807, 2.05) is 13.0 Å². The molecule has 1 fully saturated rings. The number of nitrogens with one attached hydrogen (secondary N) is 1. The summed E-state index contributed by atoms with van der Waals surface area (Å²) in [7, 11) is -1.24. The average Bonchev–Trinajstić information content (AvgIpc) is 2.95. The summed E-state index contributed by atoms with van der Waals surface area (Å²) >= 11 is 1.36. The predicted octanol–water partition coefficient (Wildman–Crippen LogP) is 1.22. The maximum atomic E-state index is 12.3. The number of sulfonamides is 1. The lowest BCUT2D eigenvalue weighted by Gasteiger charge is -2.36. The SMILES string of the molecule is CCc1ccc(S(=O)(=O)NC[C@@H](C)N2CCN(C)CC2)s1. The lowest BCUT2D eigenvalue weighted by Crippen LogP contribution is -2.51. The van der Waals surface area contributed by atoms with E-state index in [4.69, 9.17) is 0 Å². The second-order valence-corrected chi connectivity index (χ2v) is 8.78. The molecule has 2 heterocycles. The predicted molar refractivity (Wildman–Crippen MR) is 87.4 cm³/mol. The van der Waals surface area contributed by atoms with Crippen LogP contribution in [0.25, 0.3) is 0 Å². The number of rotatable bonds is 6. The molecule has 0 unspecified atom stereocenters. The fourth-order valence-corrected chi connectivity index (χ4v) is 4.85. The van der Waals surface area contributed by atoms with E-state index in [1.165, 1.54) is 11.3 Å². The Morgan fingerprint density at radius 1 is 1.29 bits per heavy atom. The number of nitrogens with zero attached hydrogens (tertiary/aromatic N) is 2. The molecule has 0 saturated carbocycles. The van der Waals surface area contributed by atoms with E-state index < -0.39 is 10.0 Å². The van der Waals surface area contributed by atoms with Gasteiger partial charge in [-0.3, -0.25) is 4.90 Å². The molecule has 1 aromatic rings. The van der Waals surface area contributed by atoms with Crippen LogP contribution in [0, 0.1) is 0 Å². The molecule has 1 aliphatic rings. The van der Waals surface area contributed by atoms with Gasteiger partial charge in [-0.1, -0.05) is 6.92 Å². The summed E-state index contributed by atoms with van der Waals surface area (Å²) in [5.41, 5.74) is 0. The second kappa shape index (κ2) is 7.19. The van der Waals surface area contributed by atoms with Gasteiger partial charge in [0.1, 0.15) is 4.21 Å². The van der Waals surface area contributed by atoms with Crippen LogP contribution in [0.3, 0.4) is 0 Å². The first kappa shape index (κ1) is 16.9. The van der Waals surface area contributed by atoms with E-state index in [0.717, 1.165) is 37.5 Å². The molecule has 0 amide bonds. The van der Waals surface area contributed by atoms with E-state index in [0.29, 0.717) is 10.8 Å². The van der Waals surface area contributed by atoms with Gasteiger partial charge in [0.05, 0.1) is 0 Å². The molecular weight excluding hydrogens is 306 g/mol. The molecule has 0 bridgehead atoms. The minimum absolute atomic E-state index is 0.221. The Hall–Kier alpha value is -0.470. The van der Waals surface area contributed by atoms with Crippen molar-refractivity contribution >= 4 is 21.4 Å². The summed E-state index contributed by atoms with van der Waals surface area (Å²) < 4.78 is 27.7. The van der Waals surface area contributed by atoms with Crippen LogP contribution in [-0.2, 0) is 16.4 Å². The molecule has 0 spiro atoms. The van der Waals surface area contributed by atoms with Crippen LogP contribution in [-0.4, -0.2) is 64.0 Å². The van der Waals surface area contributed by atoms with E-state index in [-0.39, 0.29) is 6.04 Å². The van der Waals surface area contributed by atoms with Crippen molar-refractivity contribution in [3.63, 3.8) is 0 Å². The number of hydrogen-bond acceptors (Lipinski definition) is 5. The molecule has 0 radical (unpaired) electrons. The van der Waals surface area contributed by atoms with Crippen LogP contribution >= 0.6 is 11.3 Å². The van der Waals surface area contributed by atoms with Gasteiger partial charge in [-0.05, 0) is 32.5 Å². The van der Waals surface area contributed by atoms with E-state index in [9.17, 15) is 8.42 Å². The maximum Gasteiger partial charge on any atom is 0.250 e. The van der Waals surface area contributed by atoms with Gasteiger partial charge in [0.2, 0.25) is 10.0 Å². The number of hydrogen-bond donors (Lipinski definition) is 1. The van der Waals surface area contributed by atoms with Gasteiger partial charge in [-0.25, -0.2) is 13.1 Å². The lowest BCUT2D eigenvalue weighted by atomic mass is 10.2. The van der Waals surface area contributed by atoms with Crippen molar-refractivity contribution in [3.05, 3.63) is 17.0 Å². The Kier molecular flexibility index (Phi) is 5.79. The second-order valence-electron chi connectivity index (χ2n) is 5.61. The number of thiophene rings is 1. The zero-order valence-electron chi connectivity index (χ0n) is 13.0. The van der Waals surface area contributed by atoms with Crippen molar-refractivity contribution in [2.75, 3.05) is 39.8 Å². The Morgan fingerprint density at radius 3 is 2.52 bits per heavy atom. The summed E-state index contributed by atoms with van der Waals surface area (Å²) in [6, 6.07) is 3.81. The smallest absolute Gasteiger partial charge is 0.250 e. The molecule has 1 aliphatic heterocycles. The fourth-order valence-electron chi connectivity index (χ4n) is 2.39. The van der Waals surface area contributed by atoms with Crippen molar-refractivity contribution in [1.82, 2.24) is 14.5 Å². The molecule has 7 heteroatoms. The summed E-state index contributed by atoms with van der Waals surface area (Å²) in [5.74, 6) is 0. The number of likely N-dealkylation sites (N-methyl/N-ethyl adjacent to an activating group) is 1. The van der Waals surface area contributed by atoms with Crippen LogP contribution in [0.4, 0.5) is 0 Å². The molecule has 21 heavy (non-hydrogen) atoms. The summed E-state index contributed by atoms with van der Waals surface area (Å²) in [6.07, 6.45) is 0.873. The molecule has 2 rings (SSSR count). The van der Waals surface area contributed by atoms with Gasteiger partial charge in [0.25, 0.3) is 0 Å². The Morgan fingerprint density at radius 2 is 1.95 bits per heavy atom. The van der Waals surface area contributed by atoms with Crippen LogP contribution in [0.1, 0.15) is 18.7 Å². The van der Waals surface area contributed by atoms with Crippen LogP contribution in [0.15, 0.2) is 16.3 Å². The monoisotopic (exact) mass is 331 g/mol.